The molecule has 2 aliphatic carbocycles. The van der Waals surface area contributed by atoms with Crippen LogP contribution in [0.2, 0.25) is 0 Å². The van der Waals surface area contributed by atoms with E-state index in [1.54, 1.807) is 0 Å². The summed E-state index contributed by atoms with van der Waals surface area (Å²) in [5.74, 6) is 1.43. The van der Waals surface area contributed by atoms with E-state index in [1.165, 1.54) is 30.5 Å². The summed E-state index contributed by atoms with van der Waals surface area (Å²) >= 11 is 0. The minimum atomic E-state index is 0.140. The van der Waals surface area contributed by atoms with Gasteiger partial charge in [-0.05, 0) is 67.7 Å². The number of nitrogens with two attached hydrogens (primary N) is 1. The molecule has 0 saturated heterocycles. The van der Waals surface area contributed by atoms with E-state index in [4.69, 9.17) is 5.73 Å². The van der Waals surface area contributed by atoms with E-state index in [-0.39, 0.29) is 11.8 Å². The second-order valence-corrected chi connectivity index (χ2v) is 7.23. The zero-order valence-electron chi connectivity index (χ0n) is 13.0. The van der Waals surface area contributed by atoms with Crippen molar-refractivity contribution in [2.24, 2.45) is 23.5 Å². The molecule has 4 N–H and O–H groups in total. The molecule has 0 aromatic heterocycles. The number of carbonyl (C=O) groups is 1. The molecule has 2 atom stereocenters. The van der Waals surface area contributed by atoms with E-state index in [2.05, 4.69) is 22.8 Å². The highest BCUT2D eigenvalue weighted by atomic mass is 16.1. The summed E-state index contributed by atoms with van der Waals surface area (Å²) in [7, 11) is 0. The van der Waals surface area contributed by atoms with Crippen LogP contribution in [0, 0.1) is 17.8 Å². The Bertz CT molecular complexity index is 572. The van der Waals surface area contributed by atoms with Crippen LogP contribution in [0.3, 0.4) is 0 Å². The highest BCUT2D eigenvalue weighted by molar-refractivity contribution is 5.93. The first kappa shape index (κ1) is 14.1. The number of amides is 1. The largest absolute Gasteiger partial charge is 0.384 e. The van der Waals surface area contributed by atoms with Crippen LogP contribution in [0.4, 0.5) is 11.4 Å². The summed E-state index contributed by atoms with van der Waals surface area (Å²) in [4.78, 5) is 12.6. The van der Waals surface area contributed by atoms with E-state index >= 15 is 0 Å². The van der Waals surface area contributed by atoms with E-state index in [0.717, 1.165) is 31.5 Å². The van der Waals surface area contributed by atoms with Crippen LogP contribution in [-0.4, -0.2) is 18.5 Å². The van der Waals surface area contributed by atoms with Gasteiger partial charge in [-0.2, -0.15) is 0 Å². The molecule has 0 radical (unpaired) electrons. The van der Waals surface area contributed by atoms with E-state index < -0.39 is 0 Å². The molecule has 2 saturated carbocycles. The summed E-state index contributed by atoms with van der Waals surface area (Å²) in [6.07, 6.45) is 6.67. The van der Waals surface area contributed by atoms with Gasteiger partial charge >= 0.3 is 0 Å². The van der Waals surface area contributed by atoms with Crippen LogP contribution in [-0.2, 0) is 11.2 Å². The lowest BCUT2D eigenvalue weighted by Crippen LogP contribution is -2.48. The second kappa shape index (κ2) is 5.58. The minimum absolute atomic E-state index is 0.140. The van der Waals surface area contributed by atoms with Crippen LogP contribution in [0.15, 0.2) is 18.2 Å². The van der Waals surface area contributed by atoms with Gasteiger partial charge in [0.25, 0.3) is 0 Å². The third-order valence-corrected chi connectivity index (χ3v) is 5.87. The molecule has 1 heterocycles. The predicted octanol–water partition coefficient (Wildman–Crippen LogP) is 2.75. The van der Waals surface area contributed by atoms with Crippen LogP contribution in [0.5, 0.6) is 0 Å². The maximum atomic E-state index is 12.6. The lowest BCUT2D eigenvalue weighted by Gasteiger charge is -2.43. The molecule has 4 rings (SSSR count). The summed E-state index contributed by atoms with van der Waals surface area (Å²) in [5.41, 5.74) is 9.77. The molecule has 3 aliphatic rings. The Morgan fingerprint density at radius 1 is 1.23 bits per heavy atom. The van der Waals surface area contributed by atoms with Gasteiger partial charge in [-0.15, -0.1) is 0 Å². The summed E-state index contributed by atoms with van der Waals surface area (Å²) in [6, 6.07) is 6.51. The SMILES string of the molecule is NC1C2CCCC1CC(C(=O)Nc1ccc3c(c1)CCN3)C2. The van der Waals surface area contributed by atoms with E-state index in [9.17, 15) is 4.79 Å². The number of fused-ring (bicyclic) bond motifs is 3. The van der Waals surface area contributed by atoms with Crippen molar-refractivity contribution in [1.29, 1.82) is 0 Å². The van der Waals surface area contributed by atoms with Crippen LogP contribution >= 0.6 is 0 Å². The Morgan fingerprint density at radius 3 is 2.77 bits per heavy atom. The Morgan fingerprint density at radius 2 is 2.00 bits per heavy atom. The number of hydrogen-bond donors (Lipinski definition) is 3. The number of benzene rings is 1. The first-order chi connectivity index (χ1) is 10.7. The Hall–Kier alpha value is -1.55. The molecule has 1 aliphatic heterocycles. The van der Waals surface area contributed by atoms with Crippen molar-refractivity contribution in [1.82, 2.24) is 0 Å². The molecule has 22 heavy (non-hydrogen) atoms. The van der Waals surface area contributed by atoms with Gasteiger partial charge in [0.15, 0.2) is 0 Å². The van der Waals surface area contributed by atoms with Crippen molar-refractivity contribution >= 4 is 17.3 Å². The number of carbonyl (C=O) groups excluding carboxylic acids is 1. The average molecular weight is 299 g/mol. The van der Waals surface area contributed by atoms with Crippen LogP contribution < -0.4 is 16.4 Å². The fraction of sp³-hybridized carbons (Fsp3) is 0.611. The minimum Gasteiger partial charge on any atom is -0.384 e. The second-order valence-electron chi connectivity index (χ2n) is 7.23. The molecule has 1 amide bonds. The Kier molecular flexibility index (Phi) is 3.57. The zero-order valence-corrected chi connectivity index (χ0v) is 13.0. The smallest absolute Gasteiger partial charge is 0.227 e. The van der Waals surface area contributed by atoms with Crippen LogP contribution in [0.1, 0.15) is 37.7 Å². The lowest BCUT2D eigenvalue weighted by molar-refractivity contribution is -0.122. The van der Waals surface area contributed by atoms with Crippen LogP contribution in [0.25, 0.3) is 0 Å². The predicted molar refractivity (Wildman–Crippen MR) is 88.8 cm³/mol. The third kappa shape index (κ3) is 2.50. The molecule has 4 nitrogen and oxygen atoms in total. The molecule has 4 heteroatoms. The molecule has 0 spiro atoms. The number of rotatable bonds is 2. The van der Waals surface area contributed by atoms with Crippen molar-refractivity contribution in [3.63, 3.8) is 0 Å². The van der Waals surface area contributed by atoms with Gasteiger partial charge in [0.05, 0.1) is 0 Å². The van der Waals surface area contributed by atoms with Gasteiger partial charge in [-0.25, -0.2) is 0 Å². The summed E-state index contributed by atoms with van der Waals surface area (Å²) < 4.78 is 0. The first-order valence-corrected chi connectivity index (χ1v) is 8.64. The highest BCUT2D eigenvalue weighted by Gasteiger charge is 2.40. The maximum Gasteiger partial charge on any atom is 0.227 e. The molecule has 1 aromatic rings. The fourth-order valence-corrected chi connectivity index (χ4v) is 4.63. The number of hydrogen-bond acceptors (Lipinski definition) is 3. The molecule has 2 unspecified atom stereocenters. The zero-order chi connectivity index (χ0) is 15.1. The van der Waals surface area contributed by atoms with Gasteiger partial charge in [-0.1, -0.05) is 6.42 Å². The van der Waals surface area contributed by atoms with Crippen molar-refractivity contribution in [3.8, 4) is 0 Å². The summed E-state index contributed by atoms with van der Waals surface area (Å²) in [6.45, 7) is 0.997. The lowest BCUT2D eigenvalue weighted by atomic mass is 9.65. The Labute approximate surface area is 131 Å². The number of anilines is 2. The van der Waals surface area contributed by atoms with Gasteiger partial charge in [0, 0.05) is 29.9 Å². The molecule has 2 fully saturated rings. The van der Waals surface area contributed by atoms with Crippen molar-refractivity contribution in [2.75, 3.05) is 17.2 Å². The fourth-order valence-electron chi connectivity index (χ4n) is 4.63. The standard InChI is InChI=1S/C18H25N3O/c19-17-12-2-1-3-13(17)9-14(8-12)18(22)21-15-4-5-16-11(10-15)6-7-20-16/h4-5,10,12-14,17,20H,1-3,6-9,19H2,(H,21,22). The molecular formula is C18H25N3O. The molecular weight excluding hydrogens is 274 g/mol. The van der Waals surface area contributed by atoms with Crippen molar-refractivity contribution in [3.05, 3.63) is 23.8 Å². The van der Waals surface area contributed by atoms with Gasteiger partial charge < -0.3 is 16.4 Å². The molecule has 2 bridgehead atoms. The van der Waals surface area contributed by atoms with Gasteiger partial charge in [0.2, 0.25) is 5.91 Å². The van der Waals surface area contributed by atoms with Gasteiger partial charge in [0.1, 0.15) is 0 Å². The highest BCUT2D eigenvalue weighted by Crippen LogP contribution is 2.42. The maximum absolute atomic E-state index is 12.6. The molecule has 118 valence electrons. The van der Waals surface area contributed by atoms with Crippen molar-refractivity contribution in [2.45, 2.75) is 44.6 Å². The normalized spacial score (nSPS) is 33.0. The van der Waals surface area contributed by atoms with E-state index in [0.29, 0.717) is 17.9 Å². The van der Waals surface area contributed by atoms with Crippen molar-refractivity contribution < 1.29 is 4.79 Å². The topological polar surface area (TPSA) is 67.2 Å². The average Bonchev–Trinajstić information content (AvgIpc) is 2.94. The molecule has 1 aromatic carbocycles. The monoisotopic (exact) mass is 299 g/mol. The Balaban J connectivity index is 1.44. The van der Waals surface area contributed by atoms with Gasteiger partial charge in [-0.3, -0.25) is 4.79 Å². The number of nitrogens with one attached hydrogen (secondary N) is 2. The first-order valence-electron chi connectivity index (χ1n) is 8.64. The summed E-state index contributed by atoms with van der Waals surface area (Å²) in [5, 5.41) is 6.49. The van der Waals surface area contributed by atoms with E-state index in [1.807, 2.05) is 6.07 Å². The quantitative estimate of drug-likeness (QED) is 0.786. The third-order valence-electron chi connectivity index (χ3n) is 5.87.